The van der Waals surface area contributed by atoms with Gasteiger partial charge in [0.1, 0.15) is 17.2 Å². The number of carbonyl (C=O) groups excluding carboxylic acids is 1. The summed E-state index contributed by atoms with van der Waals surface area (Å²) in [7, 11) is 0. The molecule has 1 amide bonds. The number of alkyl halides is 2. The van der Waals surface area contributed by atoms with Crippen LogP contribution in [0.15, 0.2) is 55.0 Å². The van der Waals surface area contributed by atoms with Gasteiger partial charge in [-0.05, 0) is 29.2 Å². The Kier molecular flexibility index (Phi) is 6.36. The molecule has 34 heavy (non-hydrogen) atoms. The number of aromatic nitrogens is 3. The molecule has 4 rings (SSSR count). The smallest absolute Gasteiger partial charge is 0.388 e. The number of amides is 1. The number of nitrogens with zero attached hydrogens (tertiary/aromatic N) is 5. The summed E-state index contributed by atoms with van der Waals surface area (Å²) in [5.41, 5.74) is 1.25. The van der Waals surface area contributed by atoms with Crippen molar-refractivity contribution in [3.05, 3.63) is 71.7 Å². The normalized spacial score (nSPS) is 14.4. The van der Waals surface area contributed by atoms with E-state index >= 15 is 0 Å². The highest BCUT2D eigenvalue weighted by molar-refractivity contribution is 6.02. The van der Waals surface area contributed by atoms with Crippen LogP contribution < -0.4 is 15.0 Å². The topological polar surface area (TPSA) is 104 Å². The zero-order valence-electron chi connectivity index (χ0n) is 18.6. The highest BCUT2D eigenvalue weighted by Gasteiger charge is 2.52. The van der Waals surface area contributed by atoms with Gasteiger partial charge in [-0.2, -0.15) is 14.0 Å². The number of hydrogen-bond acceptors (Lipinski definition) is 7. The Balaban J connectivity index is 1.69. The fourth-order valence-corrected chi connectivity index (χ4v) is 4.07. The minimum absolute atomic E-state index is 0.0577. The average molecular weight is 464 g/mol. The van der Waals surface area contributed by atoms with E-state index in [1.165, 1.54) is 30.7 Å². The van der Waals surface area contributed by atoms with Crippen LogP contribution in [0.1, 0.15) is 36.5 Å². The van der Waals surface area contributed by atoms with Crippen LogP contribution in [0, 0.1) is 11.3 Å². The maximum Gasteiger partial charge on any atom is 0.388 e. The molecule has 3 aromatic rings. The highest BCUT2D eigenvalue weighted by Crippen LogP contribution is 2.41. The van der Waals surface area contributed by atoms with Gasteiger partial charge in [-0.3, -0.25) is 4.79 Å². The van der Waals surface area contributed by atoms with Crippen molar-refractivity contribution in [2.75, 3.05) is 23.3 Å². The van der Waals surface area contributed by atoms with Crippen molar-refractivity contribution in [1.29, 1.82) is 5.26 Å². The number of hydrogen-bond donors (Lipinski definition) is 1. The predicted molar refractivity (Wildman–Crippen MR) is 121 cm³/mol. The summed E-state index contributed by atoms with van der Waals surface area (Å²) in [5, 5.41) is 11.7. The van der Waals surface area contributed by atoms with Crippen LogP contribution in [0.2, 0.25) is 0 Å². The number of nitrogens with one attached hydrogen (secondary N) is 1. The monoisotopic (exact) mass is 464 g/mol. The second-order valence-corrected chi connectivity index (χ2v) is 8.25. The second-order valence-electron chi connectivity index (χ2n) is 8.25. The molecule has 10 heteroatoms. The van der Waals surface area contributed by atoms with Crippen LogP contribution >= 0.6 is 0 Å². The lowest BCUT2D eigenvalue weighted by Gasteiger charge is -2.50. The van der Waals surface area contributed by atoms with E-state index in [9.17, 15) is 13.6 Å². The molecular weight excluding hydrogens is 442 g/mol. The Labute approximate surface area is 195 Å². The van der Waals surface area contributed by atoms with Crippen LogP contribution in [-0.4, -0.2) is 40.6 Å². The molecule has 0 bridgehead atoms. The lowest BCUT2D eigenvalue weighted by Crippen LogP contribution is -2.66. The average Bonchev–Trinajstić information content (AvgIpc) is 2.80. The molecule has 0 spiro atoms. The number of nitriles is 1. The number of pyridine rings is 1. The quantitative estimate of drug-likeness (QED) is 0.566. The Morgan fingerprint density at radius 1 is 1.15 bits per heavy atom. The van der Waals surface area contributed by atoms with Crippen molar-refractivity contribution in [1.82, 2.24) is 15.0 Å². The van der Waals surface area contributed by atoms with Crippen LogP contribution in [0.4, 0.5) is 20.4 Å². The molecule has 1 N–H and O–H groups in total. The van der Waals surface area contributed by atoms with Crippen molar-refractivity contribution < 1.29 is 18.3 Å². The molecule has 0 atom stereocenters. The fraction of sp³-hybridized carbons (Fsp3) is 0.292. The maximum atomic E-state index is 13.7. The zero-order valence-corrected chi connectivity index (χ0v) is 18.6. The number of anilines is 2. The van der Waals surface area contributed by atoms with E-state index in [1.807, 2.05) is 49.1 Å². The van der Waals surface area contributed by atoms with E-state index in [0.29, 0.717) is 11.5 Å². The number of halogens is 2. The van der Waals surface area contributed by atoms with E-state index in [-0.39, 0.29) is 36.5 Å². The molecule has 0 unspecified atom stereocenters. The first-order valence-corrected chi connectivity index (χ1v) is 10.6. The molecule has 2 aromatic heterocycles. The van der Waals surface area contributed by atoms with E-state index in [2.05, 4.69) is 25.0 Å². The minimum Gasteiger partial charge on any atom is -0.415 e. The van der Waals surface area contributed by atoms with Gasteiger partial charge in [0, 0.05) is 19.3 Å². The van der Waals surface area contributed by atoms with Crippen LogP contribution in [0.5, 0.6) is 5.88 Å². The number of carbonyl (C=O) groups is 1. The summed E-state index contributed by atoms with van der Waals surface area (Å²) in [6.45, 7) is 1.54. The Bertz CT molecular complexity index is 1220. The van der Waals surface area contributed by atoms with Gasteiger partial charge in [0.15, 0.2) is 0 Å². The molecular formula is C24H22F2N6O2. The van der Waals surface area contributed by atoms with Gasteiger partial charge in [0.05, 0.1) is 18.0 Å². The van der Waals surface area contributed by atoms with Gasteiger partial charge in [-0.15, -0.1) is 0 Å². The third-order valence-electron chi connectivity index (χ3n) is 5.72. The van der Waals surface area contributed by atoms with Crippen molar-refractivity contribution in [3.63, 3.8) is 0 Å². The first-order valence-electron chi connectivity index (χ1n) is 10.6. The SMILES string of the molecule is CC(C)c1ccccc1C1(C(=O)Nc2cccnc2OC(F)F)CN(c2ncc(C#N)cn2)C1. The predicted octanol–water partition coefficient (Wildman–Crippen LogP) is 3.86. The van der Waals surface area contributed by atoms with Crippen LogP contribution in [0.25, 0.3) is 0 Å². The van der Waals surface area contributed by atoms with Crippen molar-refractivity contribution in [2.45, 2.75) is 31.8 Å². The maximum absolute atomic E-state index is 13.7. The van der Waals surface area contributed by atoms with Gasteiger partial charge in [-0.1, -0.05) is 38.1 Å². The van der Waals surface area contributed by atoms with Crippen LogP contribution in [0.3, 0.4) is 0 Å². The summed E-state index contributed by atoms with van der Waals surface area (Å²) in [6.07, 6.45) is 4.16. The van der Waals surface area contributed by atoms with E-state index in [4.69, 9.17) is 5.26 Å². The number of ether oxygens (including phenoxy) is 1. The largest absolute Gasteiger partial charge is 0.415 e. The van der Waals surface area contributed by atoms with Crippen LogP contribution in [-0.2, 0) is 10.2 Å². The third-order valence-corrected chi connectivity index (χ3v) is 5.72. The Morgan fingerprint density at radius 3 is 2.50 bits per heavy atom. The summed E-state index contributed by atoms with van der Waals surface area (Å²) < 4.78 is 30.1. The highest BCUT2D eigenvalue weighted by atomic mass is 19.3. The van der Waals surface area contributed by atoms with Crippen molar-refractivity contribution in [2.24, 2.45) is 0 Å². The molecule has 1 aliphatic rings. The van der Waals surface area contributed by atoms with Gasteiger partial charge in [0.2, 0.25) is 17.7 Å². The summed E-state index contributed by atoms with van der Waals surface area (Å²) in [4.78, 5) is 27.8. The second kappa shape index (κ2) is 9.39. The molecule has 1 aromatic carbocycles. The standard InChI is InChI=1S/C24H22F2N6O2/c1-15(2)17-6-3-4-7-18(17)24(13-32(14-24)23-29-11-16(10-27)12-30-23)21(33)31-19-8-5-9-28-20(19)34-22(25)26/h3-9,11-12,15,22H,13-14H2,1-2H3,(H,31,33). The summed E-state index contributed by atoms with van der Waals surface area (Å²) in [6, 6.07) is 12.6. The third kappa shape index (κ3) is 4.37. The molecule has 1 saturated heterocycles. The van der Waals surface area contributed by atoms with Crippen molar-refractivity contribution >= 4 is 17.5 Å². The molecule has 3 heterocycles. The van der Waals surface area contributed by atoms with Crippen molar-refractivity contribution in [3.8, 4) is 11.9 Å². The van der Waals surface area contributed by atoms with Gasteiger partial charge in [0.25, 0.3) is 0 Å². The zero-order chi connectivity index (χ0) is 24.3. The fourth-order valence-electron chi connectivity index (χ4n) is 4.07. The lowest BCUT2D eigenvalue weighted by molar-refractivity contribution is -0.122. The molecule has 1 fully saturated rings. The lowest BCUT2D eigenvalue weighted by atomic mass is 9.69. The van der Waals surface area contributed by atoms with Gasteiger partial charge in [-0.25, -0.2) is 15.0 Å². The first kappa shape index (κ1) is 23.0. The molecule has 0 aliphatic carbocycles. The number of rotatable bonds is 7. The summed E-state index contributed by atoms with van der Waals surface area (Å²) >= 11 is 0. The van der Waals surface area contributed by atoms with E-state index in [1.54, 1.807) is 0 Å². The molecule has 8 nitrogen and oxygen atoms in total. The number of benzene rings is 1. The first-order chi connectivity index (χ1) is 16.3. The molecule has 0 radical (unpaired) electrons. The Hall–Kier alpha value is -4.13. The van der Waals surface area contributed by atoms with E-state index < -0.39 is 12.0 Å². The molecule has 0 saturated carbocycles. The molecule has 174 valence electrons. The van der Waals surface area contributed by atoms with Gasteiger partial charge >= 0.3 is 6.61 Å². The van der Waals surface area contributed by atoms with E-state index in [0.717, 1.165) is 11.1 Å². The summed E-state index contributed by atoms with van der Waals surface area (Å²) in [5.74, 6) is -0.188. The Morgan fingerprint density at radius 2 is 1.85 bits per heavy atom. The minimum atomic E-state index is -3.08. The van der Waals surface area contributed by atoms with Gasteiger partial charge < -0.3 is 15.0 Å². The molecule has 1 aliphatic heterocycles.